The van der Waals surface area contributed by atoms with Crippen molar-refractivity contribution < 1.29 is 0 Å². The first kappa shape index (κ1) is 17.0. The molecule has 1 aromatic rings. The van der Waals surface area contributed by atoms with Crippen molar-refractivity contribution >= 4 is 23.7 Å². The highest BCUT2D eigenvalue weighted by atomic mass is 32.2. The number of aryl methyl sites for hydroxylation is 1. The molecule has 3 rings (SSSR count). The third kappa shape index (κ3) is 3.81. The summed E-state index contributed by atoms with van der Waals surface area (Å²) < 4.78 is 2.38. The molecule has 124 valence electrons. The first-order chi connectivity index (χ1) is 11.2. The molecule has 0 spiro atoms. The lowest BCUT2D eigenvalue weighted by molar-refractivity contribution is 0.565. The second-order valence-corrected chi connectivity index (χ2v) is 8.36. The van der Waals surface area contributed by atoms with E-state index in [2.05, 4.69) is 60.2 Å². The fourth-order valence-electron chi connectivity index (χ4n) is 3.29. The van der Waals surface area contributed by atoms with Gasteiger partial charge < -0.3 is 9.62 Å². The van der Waals surface area contributed by atoms with Crippen LogP contribution in [0.4, 0.5) is 0 Å². The van der Waals surface area contributed by atoms with E-state index in [1.54, 1.807) is 0 Å². The Hall–Kier alpha value is -0.840. The number of allylic oxidation sites excluding steroid dienone is 2. The minimum atomic E-state index is 0.316. The van der Waals surface area contributed by atoms with E-state index < -0.39 is 0 Å². The van der Waals surface area contributed by atoms with Crippen LogP contribution in [0.1, 0.15) is 36.4 Å². The van der Waals surface area contributed by atoms with Crippen molar-refractivity contribution in [1.29, 1.82) is 0 Å². The van der Waals surface area contributed by atoms with Gasteiger partial charge in [-0.05, 0) is 79.5 Å². The van der Waals surface area contributed by atoms with Crippen LogP contribution in [-0.4, -0.2) is 29.9 Å². The molecule has 0 bridgehead atoms. The maximum Gasteiger partial charge on any atom is 0.0605 e. The van der Waals surface area contributed by atoms with Crippen LogP contribution in [0.2, 0.25) is 0 Å². The Morgan fingerprint density at radius 3 is 3.09 bits per heavy atom. The molecule has 1 aliphatic heterocycles. The SMILES string of the molecule is CSCCCNC1C2=C(CCC=C2)N(C)Sc2cc(C)ccc21. The summed E-state index contributed by atoms with van der Waals surface area (Å²) in [5.41, 5.74) is 5.70. The van der Waals surface area contributed by atoms with Gasteiger partial charge in [-0.15, -0.1) is 0 Å². The molecule has 2 nitrogen and oxygen atoms in total. The minimum absolute atomic E-state index is 0.316. The molecule has 1 unspecified atom stereocenters. The number of thioether (sulfide) groups is 1. The van der Waals surface area contributed by atoms with Crippen LogP contribution in [-0.2, 0) is 0 Å². The molecule has 1 aromatic carbocycles. The van der Waals surface area contributed by atoms with Gasteiger partial charge >= 0.3 is 0 Å². The summed E-state index contributed by atoms with van der Waals surface area (Å²) in [6, 6.07) is 7.20. The molecule has 0 amide bonds. The molecule has 0 radical (unpaired) electrons. The molecule has 0 fully saturated rings. The van der Waals surface area contributed by atoms with Gasteiger partial charge in [0.05, 0.1) is 6.04 Å². The van der Waals surface area contributed by atoms with Crippen molar-refractivity contribution in [1.82, 2.24) is 9.62 Å². The lowest BCUT2D eigenvalue weighted by atomic mass is 9.91. The number of fused-ring (bicyclic) bond motifs is 1. The lowest BCUT2D eigenvalue weighted by Gasteiger charge is -2.26. The monoisotopic (exact) mass is 346 g/mol. The van der Waals surface area contributed by atoms with Gasteiger partial charge in [-0.1, -0.05) is 24.3 Å². The Morgan fingerprint density at radius 1 is 1.39 bits per heavy atom. The molecule has 23 heavy (non-hydrogen) atoms. The molecule has 1 atom stereocenters. The van der Waals surface area contributed by atoms with Crippen LogP contribution in [0, 0.1) is 6.92 Å². The van der Waals surface area contributed by atoms with Crippen LogP contribution >= 0.6 is 23.7 Å². The van der Waals surface area contributed by atoms with E-state index >= 15 is 0 Å². The van der Waals surface area contributed by atoms with Gasteiger partial charge in [0.25, 0.3) is 0 Å². The Balaban J connectivity index is 1.95. The predicted molar refractivity (Wildman–Crippen MR) is 104 cm³/mol. The van der Waals surface area contributed by atoms with Gasteiger partial charge in [-0.3, -0.25) is 0 Å². The van der Waals surface area contributed by atoms with E-state index in [0.29, 0.717) is 6.04 Å². The molecule has 1 N–H and O–H groups in total. The largest absolute Gasteiger partial charge is 0.319 e. The minimum Gasteiger partial charge on any atom is -0.319 e. The summed E-state index contributed by atoms with van der Waals surface area (Å²) in [6.45, 7) is 3.25. The summed E-state index contributed by atoms with van der Waals surface area (Å²) in [6.07, 6.45) is 10.4. The standard InChI is InChI=1S/C19H26N2S2/c1-14-9-10-16-18(13-14)23-21(2)17-8-5-4-7-15(17)19(16)20-11-6-12-22-3/h4,7,9-10,13,19-20H,5-6,8,11-12H2,1-3H3. The second kappa shape index (κ2) is 7.82. The third-order valence-electron chi connectivity index (χ3n) is 4.46. The quantitative estimate of drug-likeness (QED) is 0.600. The van der Waals surface area contributed by atoms with Crippen molar-refractivity contribution in [2.24, 2.45) is 0 Å². The van der Waals surface area contributed by atoms with Crippen LogP contribution in [0.25, 0.3) is 0 Å². The zero-order valence-electron chi connectivity index (χ0n) is 14.3. The van der Waals surface area contributed by atoms with E-state index in [9.17, 15) is 0 Å². The van der Waals surface area contributed by atoms with E-state index in [4.69, 9.17) is 0 Å². The Kier molecular flexibility index (Phi) is 5.78. The van der Waals surface area contributed by atoms with Gasteiger partial charge in [0.2, 0.25) is 0 Å². The van der Waals surface area contributed by atoms with Crippen molar-refractivity contribution in [2.45, 2.75) is 37.1 Å². The van der Waals surface area contributed by atoms with Crippen LogP contribution in [0.5, 0.6) is 0 Å². The summed E-state index contributed by atoms with van der Waals surface area (Å²) in [5.74, 6) is 1.22. The van der Waals surface area contributed by atoms with Crippen molar-refractivity contribution in [3.8, 4) is 0 Å². The number of nitrogens with one attached hydrogen (secondary N) is 1. The molecular formula is C19H26N2S2. The highest BCUT2D eigenvalue weighted by Gasteiger charge is 2.28. The Morgan fingerprint density at radius 2 is 2.26 bits per heavy atom. The summed E-state index contributed by atoms with van der Waals surface area (Å²) >= 11 is 3.80. The second-order valence-electron chi connectivity index (χ2n) is 6.21. The fourth-order valence-corrected chi connectivity index (χ4v) is 4.85. The highest BCUT2D eigenvalue weighted by molar-refractivity contribution is 7.98. The third-order valence-corrected chi connectivity index (χ3v) is 6.20. The zero-order valence-corrected chi connectivity index (χ0v) is 15.9. The normalized spacial score (nSPS) is 20.3. The smallest absolute Gasteiger partial charge is 0.0605 e. The zero-order chi connectivity index (χ0) is 16.2. The van der Waals surface area contributed by atoms with Crippen LogP contribution in [0.3, 0.4) is 0 Å². The summed E-state index contributed by atoms with van der Waals surface area (Å²) in [5, 5.41) is 3.83. The average molecular weight is 347 g/mol. The predicted octanol–water partition coefficient (Wildman–Crippen LogP) is 4.94. The van der Waals surface area contributed by atoms with E-state index in [-0.39, 0.29) is 0 Å². The lowest BCUT2D eigenvalue weighted by Crippen LogP contribution is -2.26. The number of hydrogen-bond acceptors (Lipinski definition) is 4. The maximum absolute atomic E-state index is 3.83. The molecule has 1 aliphatic carbocycles. The Bertz CT molecular complexity index is 622. The molecule has 0 aromatic heterocycles. The van der Waals surface area contributed by atoms with E-state index in [1.807, 2.05) is 23.7 Å². The van der Waals surface area contributed by atoms with Gasteiger partial charge in [0, 0.05) is 17.6 Å². The molecule has 0 saturated heterocycles. The number of benzene rings is 1. The Labute approximate surface area is 148 Å². The fraction of sp³-hybridized carbons (Fsp3) is 0.474. The van der Waals surface area contributed by atoms with Gasteiger partial charge in [-0.25, -0.2) is 0 Å². The van der Waals surface area contributed by atoms with E-state index in [1.165, 1.54) is 39.5 Å². The molecule has 1 heterocycles. The number of nitrogens with zero attached hydrogens (tertiary/aromatic N) is 1. The molecular weight excluding hydrogens is 320 g/mol. The van der Waals surface area contributed by atoms with Gasteiger partial charge in [0.15, 0.2) is 0 Å². The number of rotatable bonds is 5. The number of hydrogen-bond donors (Lipinski definition) is 1. The maximum atomic E-state index is 3.83. The summed E-state index contributed by atoms with van der Waals surface area (Å²) in [4.78, 5) is 1.39. The first-order valence-electron chi connectivity index (χ1n) is 8.35. The highest BCUT2D eigenvalue weighted by Crippen LogP contribution is 2.43. The summed E-state index contributed by atoms with van der Waals surface area (Å²) in [7, 11) is 2.21. The van der Waals surface area contributed by atoms with Gasteiger partial charge in [-0.2, -0.15) is 11.8 Å². The van der Waals surface area contributed by atoms with Crippen molar-refractivity contribution in [2.75, 3.05) is 25.6 Å². The van der Waals surface area contributed by atoms with Crippen molar-refractivity contribution in [3.05, 3.63) is 52.7 Å². The van der Waals surface area contributed by atoms with Crippen LogP contribution < -0.4 is 5.32 Å². The van der Waals surface area contributed by atoms with Crippen LogP contribution in [0.15, 0.2) is 46.5 Å². The van der Waals surface area contributed by atoms with Gasteiger partial charge in [0.1, 0.15) is 0 Å². The average Bonchev–Trinajstić information content (AvgIpc) is 2.66. The topological polar surface area (TPSA) is 15.3 Å². The first-order valence-corrected chi connectivity index (χ1v) is 10.5. The molecule has 2 aliphatic rings. The molecule has 0 saturated carbocycles. The van der Waals surface area contributed by atoms with Crippen molar-refractivity contribution in [3.63, 3.8) is 0 Å². The van der Waals surface area contributed by atoms with E-state index in [0.717, 1.165) is 19.4 Å². The molecule has 4 heteroatoms.